The number of anilines is 1. The van der Waals surface area contributed by atoms with Gasteiger partial charge in [0.15, 0.2) is 0 Å². The molecule has 2 aromatic rings. The van der Waals surface area contributed by atoms with Gasteiger partial charge in [0.05, 0.1) is 4.90 Å². The normalized spacial score (nSPS) is 17.8. The summed E-state index contributed by atoms with van der Waals surface area (Å²) in [5.74, 6) is -0.498. The van der Waals surface area contributed by atoms with Gasteiger partial charge in [-0.15, -0.1) is 0 Å². The van der Waals surface area contributed by atoms with Crippen LogP contribution in [0.15, 0.2) is 47.4 Å². The van der Waals surface area contributed by atoms with E-state index in [0.29, 0.717) is 22.4 Å². The first-order valence-corrected chi connectivity index (χ1v) is 8.61. The summed E-state index contributed by atoms with van der Waals surface area (Å²) < 4.78 is 60.4. The predicted octanol–water partition coefficient (Wildman–Crippen LogP) is 2.50. The maximum Gasteiger partial charge on any atom is 0.501 e. The zero-order valence-electron chi connectivity index (χ0n) is 12.5. The smallest absolute Gasteiger partial charge is 0.383 e. The quantitative estimate of drug-likeness (QED) is 0.850. The van der Waals surface area contributed by atoms with Crippen LogP contribution in [0.25, 0.3) is 11.1 Å². The molecule has 1 aliphatic rings. The van der Waals surface area contributed by atoms with Gasteiger partial charge in [-0.25, -0.2) is 8.42 Å². The Morgan fingerprint density at radius 3 is 2.24 bits per heavy atom. The molecule has 1 atom stereocenters. The van der Waals surface area contributed by atoms with Crippen molar-refractivity contribution in [3.8, 4) is 11.1 Å². The van der Waals surface area contributed by atoms with Crippen LogP contribution in [0.1, 0.15) is 5.56 Å². The van der Waals surface area contributed by atoms with E-state index in [2.05, 4.69) is 5.32 Å². The Morgan fingerprint density at radius 2 is 1.64 bits per heavy atom. The molecular formula is C16H12F3NO4S. The largest absolute Gasteiger partial charge is 0.501 e. The van der Waals surface area contributed by atoms with Crippen LogP contribution >= 0.6 is 0 Å². The van der Waals surface area contributed by atoms with Crippen molar-refractivity contribution in [3.05, 3.63) is 48.0 Å². The summed E-state index contributed by atoms with van der Waals surface area (Å²) in [6, 6.07) is 9.29. The van der Waals surface area contributed by atoms with Crippen molar-refractivity contribution in [1.29, 1.82) is 0 Å². The standard InChI is InChI=1S/C16H12F3NO4S/c17-16(18,19)25(23,24)12-4-1-9(2-5-12)10-3-6-13-11(7-10)8-14(21)15(22)20-13/h1-7,14,21H,8H2,(H,20,22). The zero-order chi connectivity index (χ0) is 18.4. The minimum atomic E-state index is -5.38. The topological polar surface area (TPSA) is 83.5 Å². The average Bonchev–Trinajstić information content (AvgIpc) is 2.54. The number of aliphatic hydroxyl groups is 1. The second-order valence-electron chi connectivity index (χ2n) is 5.55. The molecule has 0 fully saturated rings. The number of rotatable bonds is 2. The second kappa shape index (κ2) is 5.85. The van der Waals surface area contributed by atoms with E-state index < -0.39 is 32.3 Å². The van der Waals surface area contributed by atoms with Crippen molar-refractivity contribution in [2.75, 3.05) is 5.32 Å². The van der Waals surface area contributed by atoms with Crippen molar-refractivity contribution >= 4 is 21.4 Å². The third-order valence-electron chi connectivity index (χ3n) is 3.88. The van der Waals surface area contributed by atoms with E-state index in [-0.39, 0.29) is 6.42 Å². The number of amides is 1. The maximum absolute atomic E-state index is 12.6. The van der Waals surface area contributed by atoms with Crippen LogP contribution in [-0.2, 0) is 21.1 Å². The lowest BCUT2D eigenvalue weighted by molar-refractivity contribution is -0.124. The van der Waals surface area contributed by atoms with Crippen LogP contribution < -0.4 is 5.32 Å². The van der Waals surface area contributed by atoms with E-state index in [1.165, 1.54) is 12.1 Å². The number of sulfone groups is 1. The number of benzene rings is 2. The van der Waals surface area contributed by atoms with Gasteiger partial charge in [0, 0.05) is 12.1 Å². The summed E-state index contributed by atoms with van der Waals surface area (Å²) in [4.78, 5) is 10.6. The molecule has 0 aromatic heterocycles. The Hall–Kier alpha value is -2.39. The van der Waals surface area contributed by atoms with Gasteiger partial charge in [-0.3, -0.25) is 4.79 Å². The van der Waals surface area contributed by atoms with Crippen molar-refractivity contribution in [2.24, 2.45) is 0 Å². The van der Waals surface area contributed by atoms with Gasteiger partial charge in [0.25, 0.3) is 15.7 Å². The highest BCUT2D eigenvalue weighted by Crippen LogP contribution is 2.33. The maximum atomic E-state index is 12.6. The number of fused-ring (bicyclic) bond motifs is 1. The Balaban J connectivity index is 1.94. The van der Waals surface area contributed by atoms with E-state index in [4.69, 9.17) is 0 Å². The number of carbonyl (C=O) groups excluding carboxylic acids is 1. The lowest BCUT2D eigenvalue weighted by atomic mass is 9.96. The molecule has 0 bridgehead atoms. The van der Waals surface area contributed by atoms with Crippen LogP contribution in [0.2, 0.25) is 0 Å². The fourth-order valence-corrected chi connectivity index (χ4v) is 3.30. The van der Waals surface area contributed by atoms with Gasteiger partial charge in [0.2, 0.25) is 0 Å². The second-order valence-corrected chi connectivity index (χ2v) is 7.50. The summed E-state index contributed by atoms with van der Waals surface area (Å²) in [5.41, 5.74) is -2.99. The minimum absolute atomic E-state index is 0.121. The molecule has 2 N–H and O–H groups in total. The molecule has 5 nitrogen and oxygen atoms in total. The molecule has 0 radical (unpaired) electrons. The Bertz CT molecular complexity index is 937. The summed E-state index contributed by atoms with van der Waals surface area (Å²) in [6.45, 7) is 0. The predicted molar refractivity (Wildman–Crippen MR) is 83.5 cm³/mol. The van der Waals surface area contributed by atoms with Crippen LogP contribution in [-0.4, -0.2) is 31.0 Å². The van der Waals surface area contributed by atoms with Crippen molar-refractivity contribution in [1.82, 2.24) is 0 Å². The number of hydrogen-bond acceptors (Lipinski definition) is 4. The zero-order valence-corrected chi connectivity index (χ0v) is 13.4. The molecular weight excluding hydrogens is 359 g/mol. The Kier molecular flexibility index (Phi) is 4.08. The van der Waals surface area contributed by atoms with E-state index in [0.717, 1.165) is 12.1 Å². The highest BCUT2D eigenvalue weighted by molar-refractivity contribution is 7.92. The van der Waals surface area contributed by atoms with Gasteiger partial charge in [-0.2, -0.15) is 13.2 Å². The molecule has 0 saturated heterocycles. The average molecular weight is 371 g/mol. The molecule has 0 aliphatic carbocycles. The number of aliphatic hydroxyl groups excluding tert-OH is 1. The van der Waals surface area contributed by atoms with Crippen molar-refractivity contribution < 1.29 is 31.5 Å². The number of alkyl halides is 3. The van der Waals surface area contributed by atoms with Gasteiger partial charge in [-0.05, 0) is 41.0 Å². The molecule has 0 saturated carbocycles. The first kappa shape index (κ1) is 17.4. The fourth-order valence-electron chi connectivity index (χ4n) is 2.54. The first-order chi connectivity index (χ1) is 11.6. The Morgan fingerprint density at radius 1 is 1.04 bits per heavy atom. The molecule has 132 valence electrons. The van der Waals surface area contributed by atoms with Crippen molar-refractivity contribution in [3.63, 3.8) is 0 Å². The Labute approximate surface area is 141 Å². The number of nitrogens with one attached hydrogen (secondary N) is 1. The first-order valence-electron chi connectivity index (χ1n) is 7.13. The summed E-state index contributed by atoms with van der Waals surface area (Å²) >= 11 is 0. The van der Waals surface area contributed by atoms with Crippen LogP contribution in [0.4, 0.5) is 18.9 Å². The lowest BCUT2D eigenvalue weighted by Gasteiger charge is -2.21. The third kappa shape index (κ3) is 3.12. The highest BCUT2D eigenvalue weighted by Gasteiger charge is 2.46. The van der Waals surface area contributed by atoms with E-state index in [9.17, 15) is 31.5 Å². The summed E-state index contributed by atoms with van der Waals surface area (Å²) in [5, 5.41) is 12.1. The molecule has 25 heavy (non-hydrogen) atoms. The fraction of sp³-hybridized carbons (Fsp3) is 0.188. The molecule has 2 aromatic carbocycles. The van der Waals surface area contributed by atoms with E-state index in [1.807, 2.05) is 0 Å². The molecule has 9 heteroatoms. The van der Waals surface area contributed by atoms with Crippen molar-refractivity contribution in [2.45, 2.75) is 22.9 Å². The van der Waals surface area contributed by atoms with Crippen LogP contribution in [0.3, 0.4) is 0 Å². The van der Waals surface area contributed by atoms with Gasteiger partial charge >= 0.3 is 5.51 Å². The number of hydrogen-bond donors (Lipinski definition) is 2. The highest BCUT2D eigenvalue weighted by atomic mass is 32.2. The molecule has 1 unspecified atom stereocenters. The molecule has 1 heterocycles. The van der Waals surface area contributed by atoms with Gasteiger partial charge < -0.3 is 10.4 Å². The molecule has 0 spiro atoms. The number of carbonyl (C=O) groups is 1. The lowest BCUT2D eigenvalue weighted by Crippen LogP contribution is -2.34. The monoisotopic (exact) mass is 371 g/mol. The van der Waals surface area contributed by atoms with Crippen LogP contribution in [0.5, 0.6) is 0 Å². The van der Waals surface area contributed by atoms with Gasteiger partial charge in [0.1, 0.15) is 6.10 Å². The van der Waals surface area contributed by atoms with E-state index >= 15 is 0 Å². The molecule has 3 rings (SSSR count). The number of halogens is 3. The molecule has 1 amide bonds. The third-order valence-corrected chi connectivity index (χ3v) is 5.38. The summed E-state index contributed by atoms with van der Waals surface area (Å²) in [6.07, 6.45) is -1.04. The summed E-state index contributed by atoms with van der Waals surface area (Å²) in [7, 11) is -5.38. The molecule has 1 aliphatic heterocycles. The van der Waals surface area contributed by atoms with Crippen LogP contribution in [0, 0.1) is 0 Å². The minimum Gasteiger partial charge on any atom is -0.383 e. The van der Waals surface area contributed by atoms with E-state index in [1.54, 1.807) is 18.2 Å². The SMILES string of the molecule is O=C1Nc2ccc(-c3ccc(S(=O)(=O)C(F)(F)F)cc3)cc2CC1O. The van der Waals surface area contributed by atoms with Gasteiger partial charge in [-0.1, -0.05) is 18.2 Å².